The van der Waals surface area contributed by atoms with Crippen molar-refractivity contribution in [2.45, 2.75) is 25.7 Å². The van der Waals surface area contributed by atoms with E-state index in [0.717, 1.165) is 19.3 Å². The average Bonchev–Trinajstić information content (AvgIpc) is 1.69. The number of hydrogen-bond acceptors (Lipinski definition) is 1. The van der Waals surface area contributed by atoms with Gasteiger partial charge in [-0.15, -0.1) is 0 Å². The van der Waals surface area contributed by atoms with Crippen LogP contribution in [0.5, 0.6) is 0 Å². The second-order valence-corrected chi connectivity index (χ2v) is 1.92. The molecule has 1 aliphatic rings. The molecule has 0 aromatic rings. The highest BCUT2D eigenvalue weighted by molar-refractivity contribution is 5.87. The minimum atomic E-state index is 0.339. The predicted molar refractivity (Wildman–Crippen MR) is 27.8 cm³/mol. The van der Waals surface area contributed by atoms with Crippen molar-refractivity contribution in [1.29, 1.82) is 0 Å². The Bertz CT molecular complexity index is 68.2. The number of hydrogen-bond donors (Lipinski definition) is 0. The molecule has 0 aromatic carbocycles. The predicted octanol–water partition coefficient (Wildman–Crippen LogP) is 1.33. The van der Waals surface area contributed by atoms with Crippen molar-refractivity contribution in [2.75, 3.05) is 0 Å². The van der Waals surface area contributed by atoms with Crippen LogP contribution in [0.1, 0.15) is 25.7 Å². The van der Waals surface area contributed by atoms with Gasteiger partial charge >= 0.3 is 5.78 Å². The van der Waals surface area contributed by atoms with E-state index in [-0.39, 0.29) is 0 Å². The van der Waals surface area contributed by atoms with Crippen LogP contribution in [0.15, 0.2) is 0 Å². The van der Waals surface area contributed by atoms with E-state index in [1.54, 1.807) is 6.42 Å². The molecule has 0 aliphatic heterocycles. The van der Waals surface area contributed by atoms with Gasteiger partial charge < -0.3 is 0 Å². The molecule has 1 fully saturated rings. The van der Waals surface area contributed by atoms with E-state index in [9.17, 15) is 4.79 Å². The first-order chi connectivity index (χ1) is 3.39. The molecule has 38 valence electrons. The van der Waals surface area contributed by atoms with E-state index in [0.29, 0.717) is 5.78 Å². The second-order valence-electron chi connectivity index (χ2n) is 1.92. The summed E-state index contributed by atoms with van der Waals surface area (Å²) in [5, 5.41) is 0. The summed E-state index contributed by atoms with van der Waals surface area (Å²) in [6.45, 7) is 0. The molecule has 0 spiro atoms. The van der Waals surface area contributed by atoms with Gasteiger partial charge in [0.05, 0.1) is 12.8 Å². The molecule has 1 nitrogen and oxygen atoms in total. The molecule has 0 unspecified atom stereocenters. The highest BCUT2D eigenvalue weighted by Gasteiger charge is 2.16. The van der Waals surface area contributed by atoms with Crippen LogP contribution in [-0.4, -0.2) is 5.78 Å². The molecule has 1 aliphatic carbocycles. The van der Waals surface area contributed by atoms with Gasteiger partial charge in [-0.1, -0.05) is 0 Å². The summed E-state index contributed by atoms with van der Waals surface area (Å²) >= 11 is 0. The zero-order valence-corrected chi connectivity index (χ0v) is 4.31. The maximum absolute atomic E-state index is 10.4. The normalized spacial score (nSPS) is 21.4. The maximum Gasteiger partial charge on any atom is 0.306 e. The van der Waals surface area contributed by atoms with Crippen LogP contribution < -0.4 is 0 Å². The zero-order chi connectivity index (χ0) is 5.11. The van der Waals surface area contributed by atoms with Crippen molar-refractivity contribution in [1.82, 2.24) is 0 Å². The third-order valence-electron chi connectivity index (χ3n) is 1.25. The largest absolute Gasteiger partial charge is 0.306 e. The Balaban J connectivity index is 2.25. The molecule has 0 saturated heterocycles. The molecule has 1 rings (SSSR count). The number of carbonyl (C=O) groups is 1. The monoisotopic (exact) mass is 97.1 g/mol. The lowest BCUT2D eigenvalue weighted by Crippen LogP contribution is -2.03. The quantitative estimate of drug-likeness (QED) is 0.417. The number of rotatable bonds is 0. The third-order valence-corrected chi connectivity index (χ3v) is 1.25. The molecular formula is C6H9O+. The van der Waals surface area contributed by atoms with E-state index in [4.69, 9.17) is 0 Å². The Labute approximate surface area is 43.7 Å². The van der Waals surface area contributed by atoms with Crippen LogP contribution in [0.4, 0.5) is 0 Å². The Morgan fingerprint density at radius 1 is 1.43 bits per heavy atom. The molecule has 0 amide bonds. The first kappa shape index (κ1) is 4.69. The van der Waals surface area contributed by atoms with Gasteiger partial charge in [-0.25, -0.2) is 4.79 Å². The summed E-state index contributed by atoms with van der Waals surface area (Å²) in [6, 6.07) is 0. The zero-order valence-electron chi connectivity index (χ0n) is 4.31. The highest BCUT2D eigenvalue weighted by atomic mass is 16.1. The maximum atomic E-state index is 10.4. The lowest BCUT2D eigenvalue weighted by atomic mass is 10.00. The molecule has 0 radical (unpaired) electrons. The summed E-state index contributed by atoms with van der Waals surface area (Å²) in [6.07, 6.45) is 5.92. The third kappa shape index (κ3) is 1.22. The van der Waals surface area contributed by atoms with Gasteiger partial charge in [0.25, 0.3) is 0 Å². The molecule has 7 heavy (non-hydrogen) atoms. The van der Waals surface area contributed by atoms with E-state index >= 15 is 0 Å². The van der Waals surface area contributed by atoms with Crippen LogP contribution in [0.2, 0.25) is 0 Å². The van der Waals surface area contributed by atoms with Crippen molar-refractivity contribution >= 4 is 5.78 Å². The van der Waals surface area contributed by atoms with Crippen molar-refractivity contribution in [3.05, 3.63) is 6.42 Å². The molecule has 0 N–H and O–H groups in total. The number of ketones is 1. The smallest absolute Gasteiger partial charge is 0.244 e. The summed E-state index contributed by atoms with van der Waals surface area (Å²) in [7, 11) is 0. The van der Waals surface area contributed by atoms with Gasteiger partial charge in [0.15, 0.2) is 0 Å². The van der Waals surface area contributed by atoms with Gasteiger partial charge in [0, 0.05) is 0 Å². The van der Waals surface area contributed by atoms with E-state index in [2.05, 4.69) is 0 Å². The van der Waals surface area contributed by atoms with Crippen LogP contribution in [0.3, 0.4) is 0 Å². The van der Waals surface area contributed by atoms with Crippen LogP contribution in [0, 0.1) is 6.42 Å². The average molecular weight is 97.1 g/mol. The summed E-state index contributed by atoms with van der Waals surface area (Å²) in [4.78, 5) is 10.4. The molecule has 1 heteroatoms. The molecule has 0 aromatic heterocycles. The summed E-state index contributed by atoms with van der Waals surface area (Å²) in [5.41, 5.74) is 0. The lowest BCUT2D eigenvalue weighted by Gasteiger charge is -1.96. The number of carbonyl (C=O) groups excluding carboxylic acids is 1. The van der Waals surface area contributed by atoms with Crippen LogP contribution in [-0.2, 0) is 4.79 Å². The first-order valence-electron chi connectivity index (χ1n) is 2.75. The molecular weight excluding hydrogens is 88.1 g/mol. The van der Waals surface area contributed by atoms with Gasteiger partial charge in [-0.2, -0.15) is 0 Å². The Kier molecular flexibility index (Phi) is 1.35. The Morgan fingerprint density at radius 2 is 2.29 bits per heavy atom. The van der Waals surface area contributed by atoms with E-state index in [1.807, 2.05) is 0 Å². The van der Waals surface area contributed by atoms with Crippen LogP contribution in [0.25, 0.3) is 0 Å². The fourth-order valence-electron chi connectivity index (χ4n) is 0.809. The SMILES string of the molecule is O=C1[CH+]CCCC1. The fourth-order valence-corrected chi connectivity index (χ4v) is 0.809. The Hall–Kier alpha value is -0.460. The minimum Gasteiger partial charge on any atom is -0.244 e. The van der Waals surface area contributed by atoms with Crippen molar-refractivity contribution in [3.63, 3.8) is 0 Å². The fraction of sp³-hybridized carbons (Fsp3) is 0.667. The molecule has 0 atom stereocenters. The lowest BCUT2D eigenvalue weighted by molar-refractivity contribution is -0.116. The van der Waals surface area contributed by atoms with Crippen molar-refractivity contribution in [3.8, 4) is 0 Å². The Morgan fingerprint density at radius 3 is 2.57 bits per heavy atom. The standard InChI is InChI=1S/C6H9O/c7-6-4-2-1-3-5-6/h4H,1-3,5H2/q+1. The first-order valence-corrected chi connectivity index (χ1v) is 2.75. The molecule has 0 heterocycles. The highest BCUT2D eigenvalue weighted by Crippen LogP contribution is 2.11. The van der Waals surface area contributed by atoms with Gasteiger partial charge in [-0.3, -0.25) is 0 Å². The van der Waals surface area contributed by atoms with Crippen molar-refractivity contribution in [2.24, 2.45) is 0 Å². The van der Waals surface area contributed by atoms with Gasteiger partial charge in [0.2, 0.25) is 0 Å². The second kappa shape index (κ2) is 2.01. The topological polar surface area (TPSA) is 17.1 Å². The van der Waals surface area contributed by atoms with E-state index < -0.39 is 0 Å². The number of Topliss-reactive ketones (excluding diaryl/α,β-unsaturated/α-hetero) is 1. The molecule has 0 bridgehead atoms. The summed E-state index contributed by atoms with van der Waals surface area (Å²) in [5.74, 6) is 0.339. The minimum absolute atomic E-state index is 0.339. The van der Waals surface area contributed by atoms with Gasteiger partial charge in [-0.05, 0) is 12.8 Å². The van der Waals surface area contributed by atoms with E-state index in [1.165, 1.54) is 6.42 Å². The summed E-state index contributed by atoms with van der Waals surface area (Å²) < 4.78 is 0. The molecule has 1 saturated carbocycles. The van der Waals surface area contributed by atoms with Gasteiger partial charge in [0.1, 0.15) is 6.42 Å². The van der Waals surface area contributed by atoms with Crippen LogP contribution >= 0.6 is 0 Å². The van der Waals surface area contributed by atoms with Crippen molar-refractivity contribution < 1.29 is 4.79 Å².